The molecule has 0 aliphatic heterocycles. The van der Waals surface area contributed by atoms with Gasteiger partial charge in [0.1, 0.15) is 0 Å². The highest BCUT2D eigenvalue weighted by atomic mass is 16.7. The minimum absolute atomic E-state index is 0.921. The molecule has 0 saturated heterocycles. The average Bonchev–Trinajstić information content (AvgIpc) is 2.54. The predicted octanol–water partition coefficient (Wildman–Crippen LogP) is 6.74. The van der Waals surface area contributed by atoms with Crippen LogP contribution in [0, 0.1) is 0 Å². The maximum atomic E-state index is 5.95. The van der Waals surface area contributed by atoms with Gasteiger partial charge in [-0.1, -0.05) is 91.4 Å². The summed E-state index contributed by atoms with van der Waals surface area (Å²) in [5.41, 5.74) is 0. The summed E-state index contributed by atoms with van der Waals surface area (Å²) in [5.74, 6) is 0. The molecule has 2 heteroatoms. The zero-order chi connectivity index (χ0) is 16.3. The van der Waals surface area contributed by atoms with Crippen LogP contribution in [0.25, 0.3) is 0 Å². The van der Waals surface area contributed by atoms with Crippen LogP contribution in [0.15, 0.2) is 0 Å². The SMILES string of the molecule is CCCCCCCCCCCCON(CCCC)CCCC. The molecule has 134 valence electrons. The Balaban J connectivity index is 3.33. The summed E-state index contributed by atoms with van der Waals surface area (Å²) in [6.45, 7) is 9.92. The van der Waals surface area contributed by atoms with Crippen LogP contribution >= 0.6 is 0 Å². The van der Waals surface area contributed by atoms with Gasteiger partial charge < -0.3 is 0 Å². The molecule has 0 aromatic heterocycles. The van der Waals surface area contributed by atoms with E-state index in [4.69, 9.17) is 4.84 Å². The summed E-state index contributed by atoms with van der Waals surface area (Å²) in [7, 11) is 0. The van der Waals surface area contributed by atoms with Gasteiger partial charge in [-0.05, 0) is 19.3 Å². The van der Waals surface area contributed by atoms with Gasteiger partial charge >= 0.3 is 0 Å². The van der Waals surface area contributed by atoms with Crippen LogP contribution in [0.4, 0.5) is 0 Å². The van der Waals surface area contributed by atoms with E-state index in [1.807, 2.05) is 0 Å². The van der Waals surface area contributed by atoms with Crippen molar-refractivity contribution in [1.82, 2.24) is 5.06 Å². The molecule has 0 fully saturated rings. The van der Waals surface area contributed by atoms with Crippen LogP contribution < -0.4 is 0 Å². The molecule has 0 amide bonds. The van der Waals surface area contributed by atoms with Crippen LogP contribution in [0.2, 0.25) is 0 Å². The highest BCUT2D eigenvalue weighted by molar-refractivity contribution is 4.49. The lowest BCUT2D eigenvalue weighted by Crippen LogP contribution is -2.26. The van der Waals surface area contributed by atoms with E-state index >= 15 is 0 Å². The molecule has 0 aromatic rings. The maximum Gasteiger partial charge on any atom is 0.0685 e. The summed E-state index contributed by atoms with van der Waals surface area (Å²) in [6, 6.07) is 0. The minimum atomic E-state index is 0.921. The summed E-state index contributed by atoms with van der Waals surface area (Å²) >= 11 is 0. The fourth-order valence-electron chi connectivity index (χ4n) is 2.69. The molecule has 0 aliphatic rings. The van der Waals surface area contributed by atoms with Gasteiger partial charge in [-0.15, -0.1) is 0 Å². The van der Waals surface area contributed by atoms with E-state index in [1.54, 1.807) is 0 Å². The lowest BCUT2D eigenvalue weighted by atomic mass is 10.1. The van der Waals surface area contributed by atoms with Gasteiger partial charge in [0, 0.05) is 13.1 Å². The van der Waals surface area contributed by atoms with Gasteiger partial charge in [-0.2, -0.15) is 5.06 Å². The molecule has 0 saturated carbocycles. The Bertz CT molecular complexity index is 188. The van der Waals surface area contributed by atoms with Crippen molar-refractivity contribution in [3.8, 4) is 0 Å². The normalized spacial score (nSPS) is 11.5. The molecular weight excluding hydrogens is 270 g/mol. The van der Waals surface area contributed by atoms with E-state index in [9.17, 15) is 0 Å². The second-order valence-corrected chi connectivity index (χ2v) is 6.65. The monoisotopic (exact) mass is 313 g/mol. The number of hydrogen-bond donors (Lipinski definition) is 0. The molecule has 0 heterocycles. The van der Waals surface area contributed by atoms with E-state index in [2.05, 4.69) is 25.8 Å². The zero-order valence-corrected chi connectivity index (χ0v) is 15.9. The van der Waals surface area contributed by atoms with Gasteiger partial charge in [0.25, 0.3) is 0 Å². The fourth-order valence-corrected chi connectivity index (χ4v) is 2.69. The van der Waals surface area contributed by atoms with Crippen LogP contribution in [0.3, 0.4) is 0 Å². The third-order valence-electron chi connectivity index (χ3n) is 4.29. The van der Waals surface area contributed by atoms with E-state index in [0.29, 0.717) is 0 Å². The van der Waals surface area contributed by atoms with Crippen LogP contribution in [-0.4, -0.2) is 24.8 Å². The van der Waals surface area contributed by atoms with E-state index in [1.165, 1.54) is 89.9 Å². The molecule has 22 heavy (non-hydrogen) atoms. The molecular formula is C20H43NO. The van der Waals surface area contributed by atoms with Gasteiger partial charge in [0.2, 0.25) is 0 Å². The summed E-state index contributed by atoms with van der Waals surface area (Å²) < 4.78 is 0. The average molecular weight is 314 g/mol. The first-order chi connectivity index (χ1) is 10.8. The Labute approximate surface area is 141 Å². The molecule has 0 atom stereocenters. The second kappa shape index (κ2) is 19.0. The van der Waals surface area contributed by atoms with Gasteiger partial charge in [0.15, 0.2) is 0 Å². The van der Waals surface area contributed by atoms with Gasteiger partial charge in [-0.3, -0.25) is 4.84 Å². The molecule has 0 aliphatic carbocycles. The lowest BCUT2D eigenvalue weighted by Gasteiger charge is -2.21. The van der Waals surface area contributed by atoms with E-state index in [0.717, 1.165) is 19.7 Å². The Morgan fingerprint density at radius 1 is 0.500 bits per heavy atom. The number of hydrogen-bond acceptors (Lipinski definition) is 2. The summed E-state index contributed by atoms with van der Waals surface area (Å²) in [5, 5.41) is 2.21. The third-order valence-corrected chi connectivity index (χ3v) is 4.29. The van der Waals surface area contributed by atoms with E-state index in [-0.39, 0.29) is 0 Å². The highest BCUT2D eigenvalue weighted by Gasteiger charge is 2.03. The number of nitrogens with zero attached hydrogens (tertiary/aromatic N) is 1. The van der Waals surface area contributed by atoms with Crippen LogP contribution in [0.1, 0.15) is 111 Å². The van der Waals surface area contributed by atoms with Gasteiger partial charge in [0.05, 0.1) is 6.61 Å². The molecule has 0 rings (SSSR count). The molecule has 0 radical (unpaired) electrons. The third kappa shape index (κ3) is 16.3. The Morgan fingerprint density at radius 3 is 1.36 bits per heavy atom. The topological polar surface area (TPSA) is 12.5 Å². The molecule has 0 bridgehead atoms. The van der Waals surface area contributed by atoms with Crippen molar-refractivity contribution in [2.75, 3.05) is 19.7 Å². The van der Waals surface area contributed by atoms with E-state index < -0.39 is 0 Å². The van der Waals surface area contributed by atoms with Crippen molar-refractivity contribution < 1.29 is 4.84 Å². The van der Waals surface area contributed by atoms with Crippen molar-refractivity contribution in [3.05, 3.63) is 0 Å². The first kappa shape index (κ1) is 21.9. The molecule has 0 aromatic carbocycles. The highest BCUT2D eigenvalue weighted by Crippen LogP contribution is 2.11. The minimum Gasteiger partial charge on any atom is -0.299 e. The lowest BCUT2D eigenvalue weighted by molar-refractivity contribution is -0.161. The first-order valence-electron chi connectivity index (χ1n) is 10.2. The van der Waals surface area contributed by atoms with Gasteiger partial charge in [-0.25, -0.2) is 0 Å². The smallest absolute Gasteiger partial charge is 0.0685 e. The van der Waals surface area contributed by atoms with Crippen LogP contribution in [0.5, 0.6) is 0 Å². The Hall–Kier alpha value is -0.0800. The maximum absolute atomic E-state index is 5.95. The quantitative estimate of drug-likeness (QED) is 0.205. The van der Waals surface area contributed by atoms with Crippen LogP contribution in [-0.2, 0) is 4.84 Å². The first-order valence-corrected chi connectivity index (χ1v) is 10.2. The number of hydroxylamine groups is 2. The molecule has 0 unspecified atom stereocenters. The standard InChI is InChI=1S/C20H43NO/c1-4-7-10-11-12-13-14-15-16-17-20-22-21(18-8-5-2)19-9-6-3/h4-20H2,1-3H3. The largest absolute Gasteiger partial charge is 0.299 e. The zero-order valence-electron chi connectivity index (χ0n) is 15.9. The van der Waals surface area contributed by atoms with Crippen molar-refractivity contribution in [3.63, 3.8) is 0 Å². The van der Waals surface area contributed by atoms with Crippen molar-refractivity contribution in [2.45, 2.75) is 111 Å². The molecule has 0 N–H and O–H groups in total. The fraction of sp³-hybridized carbons (Fsp3) is 1.00. The summed E-state index contributed by atoms with van der Waals surface area (Å²) in [4.78, 5) is 5.95. The summed E-state index contributed by atoms with van der Waals surface area (Å²) in [6.07, 6.45) is 18.9. The van der Waals surface area contributed by atoms with Crippen molar-refractivity contribution in [2.24, 2.45) is 0 Å². The molecule has 0 spiro atoms. The second-order valence-electron chi connectivity index (χ2n) is 6.65. The number of rotatable bonds is 18. The van der Waals surface area contributed by atoms with Crippen molar-refractivity contribution >= 4 is 0 Å². The molecule has 2 nitrogen and oxygen atoms in total. The Morgan fingerprint density at radius 2 is 0.909 bits per heavy atom. The Kier molecular flexibility index (Phi) is 18.9. The predicted molar refractivity (Wildman–Crippen MR) is 99.2 cm³/mol. The number of unbranched alkanes of at least 4 members (excludes halogenated alkanes) is 11. The van der Waals surface area contributed by atoms with Crippen molar-refractivity contribution in [1.29, 1.82) is 0 Å².